The lowest BCUT2D eigenvalue weighted by atomic mass is 10.0. The van der Waals surface area contributed by atoms with E-state index in [-0.39, 0.29) is 12.3 Å². The van der Waals surface area contributed by atoms with E-state index in [2.05, 4.69) is 27.9 Å². The first-order chi connectivity index (χ1) is 9.79. The van der Waals surface area contributed by atoms with Gasteiger partial charge >= 0.3 is 5.97 Å². The van der Waals surface area contributed by atoms with Crippen LogP contribution in [-0.2, 0) is 16.0 Å². The zero-order chi connectivity index (χ0) is 16.0. The summed E-state index contributed by atoms with van der Waals surface area (Å²) in [5, 5.41) is 21.3. The maximum absolute atomic E-state index is 11.8. The molecule has 6 heteroatoms. The van der Waals surface area contributed by atoms with Crippen molar-refractivity contribution in [1.82, 2.24) is 5.32 Å². The van der Waals surface area contributed by atoms with Crippen LogP contribution in [-0.4, -0.2) is 34.2 Å². The van der Waals surface area contributed by atoms with Gasteiger partial charge in [0.1, 0.15) is 12.1 Å². The van der Waals surface area contributed by atoms with Gasteiger partial charge in [-0.05, 0) is 52.6 Å². The summed E-state index contributed by atoms with van der Waals surface area (Å²) in [6, 6.07) is 6.38. The molecule has 0 aliphatic heterocycles. The van der Waals surface area contributed by atoms with Gasteiger partial charge in [-0.2, -0.15) is 0 Å². The molecule has 2 atom stereocenters. The Kier molecular flexibility index (Phi) is 7.10. The van der Waals surface area contributed by atoms with Crippen molar-refractivity contribution in [3.63, 3.8) is 0 Å². The van der Waals surface area contributed by atoms with Crippen LogP contribution in [0.3, 0.4) is 0 Å². The highest BCUT2D eigenvalue weighted by Crippen LogP contribution is 2.11. The molecule has 0 saturated carbocycles. The van der Waals surface area contributed by atoms with Gasteiger partial charge in [0.25, 0.3) is 0 Å². The molecule has 1 rings (SSSR count). The Morgan fingerprint density at radius 1 is 1.33 bits per heavy atom. The van der Waals surface area contributed by atoms with Crippen molar-refractivity contribution in [2.24, 2.45) is 5.92 Å². The Balaban J connectivity index is 2.70. The van der Waals surface area contributed by atoms with E-state index in [1.807, 2.05) is 38.1 Å². The van der Waals surface area contributed by atoms with Crippen LogP contribution in [0.5, 0.6) is 0 Å². The van der Waals surface area contributed by atoms with E-state index in [4.69, 9.17) is 0 Å². The molecule has 1 amide bonds. The molecular formula is C15H20INO4. The molecule has 1 aromatic rings. The number of aliphatic hydroxyl groups is 1. The largest absolute Gasteiger partial charge is 0.480 e. The predicted molar refractivity (Wildman–Crippen MR) is 87.9 cm³/mol. The number of aliphatic hydroxyl groups excluding tert-OH is 1. The number of carboxylic acids is 1. The maximum Gasteiger partial charge on any atom is 0.326 e. The topological polar surface area (TPSA) is 86.6 Å². The molecule has 0 unspecified atom stereocenters. The maximum atomic E-state index is 11.8. The number of rotatable bonds is 7. The molecular weight excluding hydrogens is 385 g/mol. The zero-order valence-electron chi connectivity index (χ0n) is 12.0. The summed E-state index contributed by atoms with van der Waals surface area (Å²) in [7, 11) is 0. The molecule has 116 valence electrons. The second-order valence-corrected chi connectivity index (χ2v) is 6.62. The fourth-order valence-corrected chi connectivity index (χ4v) is 2.53. The van der Waals surface area contributed by atoms with Gasteiger partial charge in [0.15, 0.2) is 0 Å². The summed E-state index contributed by atoms with van der Waals surface area (Å²) in [4.78, 5) is 23.1. The number of halogens is 1. The average molecular weight is 405 g/mol. The first kappa shape index (κ1) is 17.9. The highest BCUT2D eigenvalue weighted by Gasteiger charge is 2.24. The van der Waals surface area contributed by atoms with Gasteiger partial charge in [0, 0.05) is 9.99 Å². The number of carbonyl (C=O) groups excluding carboxylic acids is 1. The van der Waals surface area contributed by atoms with Crippen molar-refractivity contribution >= 4 is 34.5 Å². The van der Waals surface area contributed by atoms with Gasteiger partial charge in [-0.1, -0.05) is 26.0 Å². The van der Waals surface area contributed by atoms with Crippen LogP contribution in [0, 0.1) is 9.49 Å². The molecule has 0 aliphatic rings. The van der Waals surface area contributed by atoms with Gasteiger partial charge in [0.05, 0.1) is 0 Å². The number of benzene rings is 1. The quantitative estimate of drug-likeness (QED) is 0.604. The van der Waals surface area contributed by atoms with Crippen molar-refractivity contribution in [1.29, 1.82) is 0 Å². The molecule has 0 heterocycles. The molecule has 0 aromatic heterocycles. The molecule has 3 N–H and O–H groups in total. The Morgan fingerprint density at radius 2 is 2.00 bits per heavy atom. The lowest BCUT2D eigenvalue weighted by Gasteiger charge is -2.18. The minimum atomic E-state index is -1.18. The van der Waals surface area contributed by atoms with Gasteiger partial charge < -0.3 is 15.5 Å². The fourth-order valence-electron chi connectivity index (χ4n) is 1.92. The third-order valence-electron chi connectivity index (χ3n) is 2.94. The molecule has 0 saturated heterocycles. The number of nitrogens with one attached hydrogen (secondary N) is 1. The third-order valence-corrected chi connectivity index (χ3v) is 3.61. The second kappa shape index (κ2) is 8.33. The minimum absolute atomic E-state index is 0.157. The molecule has 1 aromatic carbocycles. The summed E-state index contributed by atoms with van der Waals surface area (Å²) in [5.74, 6) is -1.59. The smallest absolute Gasteiger partial charge is 0.326 e. The van der Waals surface area contributed by atoms with Crippen molar-refractivity contribution < 1.29 is 19.8 Å². The van der Waals surface area contributed by atoms with Gasteiger partial charge in [0.2, 0.25) is 5.91 Å². The van der Waals surface area contributed by atoms with E-state index in [0.29, 0.717) is 6.42 Å². The number of amides is 1. The van der Waals surface area contributed by atoms with Crippen LogP contribution in [0.1, 0.15) is 25.8 Å². The standard InChI is InChI=1S/C15H20INO4/c1-9(2)6-13(18)14(19)17-12(15(20)21)8-10-4-3-5-11(16)7-10/h3-5,7,9,12-13,18H,6,8H2,1-2H3,(H,17,19)(H,20,21)/t12-,13+/m1/s1. The summed E-state index contributed by atoms with van der Waals surface area (Å²) in [5.41, 5.74) is 0.827. The minimum Gasteiger partial charge on any atom is -0.480 e. The Hall–Kier alpha value is -1.15. The normalized spacial score (nSPS) is 13.8. The SMILES string of the molecule is CC(C)C[C@H](O)C(=O)N[C@H](Cc1cccc(I)c1)C(=O)O. The number of carbonyl (C=O) groups is 2. The van der Waals surface area contributed by atoms with Gasteiger partial charge in [-0.25, -0.2) is 4.79 Å². The van der Waals surface area contributed by atoms with Crippen LogP contribution in [0.2, 0.25) is 0 Å². The van der Waals surface area contributed by atoms with Crippen molar-refractivity contribution in [3.8, 4) is 0 Å². The lowest BCUT2D eigenvalue weighted by Crippen LogP contribution is -2.46. The van der Waals surface area contributed by atoms with E-state index < -0.39 is 24.0 Å². The van der Waals surface area contributed by atoms with Crippen LogP contribution in [0.4, 0.5) is 0 Å². The van der Waals surface area contributed by atoms with Crippen LogP contribution in [0.15, 0.2) is 24.3 Å². The Bertz CT molecular complexity index is 504. The third kappa shape index (κ3) is 6.43. The van der Waals surface area contributed by atoms with E-state index in [1.54, 1.807) is 0 Å². The van der Waals surface area contributed by atoms with E-state index in [0.717, 1.165) is 9.13 Å². The highest BCUT2D eigenvalue weighted by atomic mass is 127. The molecule has 0 spiro atoms. The number of carboxylic acid groups (broad SMARTS) is 1. The fraction of sp³-hybridized carbons (Fsp3) is 0.467. The summed E-state index contributed by atoms with van der Waals surface area (Å²) < 4.78 is 1.00. The van der Waals surface area contributed by atoms with Crippen molar-refractivity contribution in [3.05, 3.63) is 33.4 Å². The van der Waals surface area contributed by atoms with Crippen molar-refractivity contribution in [2.75, 3.05) is 0 Å². The molecule has 5 nitrogen and oxygen atoms in total. The summed E-state index contributed by atoms with van der Waals surface area (Å²) >= 11 is 2.14. The Morgan fingerprint density at radius 3 is 2.52 bits per heavy atom. The van der Waals surface area contributed by atoms with E-state index in [1.165, 1.54) is 0 Å². The Labute approximate surface area is 137 Å². The predicted octanol–water partition coefficient (Wildman–Crippen LogP) is 1.81. The number of hydrogen-bond acceptors (Lipinski definition) is 3. The molecule has 0 fully saturated rings. The number of hydrogen-bond donors (Lipinski definition) is 3. The van der Waals surface area contributed by atoms with E-state index in [9.17, 15) is 19.8 Å². The van der Waals surface area contributed by atoms with Gasteiger partial charge in [-0.15, -0.1) is 0 Å². The van der Waals surface area contributed by atoms with Crippen LogP contribution >= 0.6 is 22.6 Å². The number of aliphatic carboxylic acids is 1. The van der Waals surface area contributed by atoms with Crippen LogP contribution in [0.25, 0.3) is 0 Å². The summed E-state index contributed by atoms with van der Waals surface area (Å²) in [6.45, 7) is 3.77. The average Bonchev–Trinajstić information content (AvgIpc) is 2.36. The molecule has 0 radical (unpaired) electrons. The first-order valence-electron chi connectivity index (χ1n) is 6.75. The highest BCUT2D eigenvalue weighted by molar-refractivity contribution is 14.1. The first-order valence-corrected chi connectivity index (χ1v) is 7.83. The van der Waals surface area contributed by atoms with Crippen LogP contribution < -0.4 is 5.32 Å². The van der Waals surface area contributed by atoms with Gasteiger partial charge in [-0.3, -0.25) is 4.79 Å². The lowest BCUT2D eigenvalue weighted by molar-refractivity contribution is -0.143. The molecule has 21 heavy (non-hydrogen) atoms. The molecule has 0 bridgehead atoms. The zero-order valence-corrected chi connectivity index (χ0v) is 14.2. The van der Waals surface area contributed by atoms with Crippen molar-refractivity contribution in [2.45, 2.75) is 38.8 Å². The van der Waals surface area contributed by atoms with E-state index >= 15 is 0 Å². The molecule has 0 aliphatic carbocycles. The summed E-state index contributed by atoms with van der Waals surface area (Å²) in [6.07, 6.45) is -0.684. The second-order valence-electron chi connectivity index (χ2n) is 5.38. The monoisotopic (exact) mass is 405 g/mol.